The van der Waals surface area contributed by atoms with E-state index in [2.05, 4.69) is 73.5 Å². The fourth-order valence-corrected chi connectivity index (χ4v) is 5.82. The average Bonchev–Trinajstić information content (AvgIpc) is 3.00. The van der Waals surface area contributed by atoms with Crippen molar-refractivity contribution in [3.05, 3.63) is 71.3 Å². The summed E-state index contributed by atoms with van der Waals surface area (Å²) in [6.45, 7) is 5.93. The van der Waals surface area contributed by atoms with Crippen molar-refractivity contribution >= 4 is 23.3 Å². The van der Waals surface area contributed by atoms with E-state index in [4.69, 9.17) is 4.74 Å². The fourth-order valence-electron chi connectivity index (χ4n) is 4.75. The highest BCUT2D eigenvalue weighted by molar-refractivity contribution is 7.98. The summed E-state index contributed by atoms with van der Waals surface area (Å²) in [7, 11) is 2.12. The van der Waals surface area contributed by atoms with Gasteiger partial charge in [0.2, 0.25) is 0 Å². The van der Waals surface area contributed by atoms with Crippen molar-refractivity contribution in [3.8, 4) is 0 Å². The smallest absolute Gasteiger partial charge is 0.306 e. The van der Waals surface area contributed by atoms with Crippen LogP contribution in [0.3, 0.4) is 0 Å². The third-order valence-electron chi connectivity index (χ3n) is 6.61. The highest BCUT2D eigenvalue weighted by Gasteiger charge is 2.18. The van der Waals surface area contributed by atoms with Gasteiger partial charge in [0.25, 0.3) is 0 Å². The molecule has 0 saturated carbocycles. The van der Waals surface area contributed by atoms with Gasteiger partial charge in [0.1, 0.15) is 6.10 Å². The lowest BCUT2D eigenvalue weighted by Gasteiger charge is -2.21. The Morgan fingerprint density at radius 3 is 2.49 bits per heavy atom. The van der Waals surface area contributed by atoms with Gasteiger partial charge in [0, 0.05) is 30.2 Å². The van der Waals surface area contributed by atoms with Gasteiger partial charge in [-0.3, -0.25) is 4.79 Å². The predicted molar refractivity (Wildman–Crippen MR) is 150 cm³/mol. The lowest BCUT2D eigenvalue weighted by molar-refractivity contribution is -0.149. The molecule has 3 rings (SSSR count). The molecule has 4 heteroatoms. The Balaban J connectivity index is 1.45. The van der Waals surface area contributed by atoms with Gasteiger partial charge < -0.3 is 9.64 Å². The molecule has 1 heterocycles. The zero-order chi connectivity index (χ0) is 24.9. The molecular formula is C31H43NO2S. The highest BCUT2D eigenvalue weighted by Crippen LogP contribution is 2.40. The number of carbonyl (C=O) groups excluding carboxylic acids is 1. The van der Waals surface area contributed by atoms with Crippen molar-refractivity contribution in [3.63, 3.8) is 0 Å². The molecule has 0 radical (unpaired) electrons. The average molecular weight is 494 g/mol. The van der Waals surface area contributed by atoms with Crippen molar-refractivity contribution in [1.82, 2.24) is 4.90 Å². The van der Waals surface area contributed by atoms with Crippen molar-refractivity contribution in [2.75, 3.05) is 20.1 Å². The number of benzene rings is 2. The third kappa shape index (κ3) is 9.16. The molecule has 190 valence electrons. The summed E-state index contributed by atoms with van der Waals surface area (Å²) >= 11 is 1.92. The quantitative estimate of drug-likeness (QED) is 0.196. The van der Waals surface area contributed by atoms with Crippen LogP contribution in [0.1, 0.15) is 88.3 Å². The standard InChI is InChI=1S/C31H43NO2S/c1-4-5-6-7-8-9-10-21-31(33)34-25(2)23-32(3)22-15-19-28-27-17-12-11-16-26(27)24-35-30-20-14-13-18-29(28)30/h11-14,16-20,25H,4-10,15,21-24H2,1-3H3/b28-19+. The van der Waals surface area contributed by atoms with E-state index >= 15 is 0 Å². The number of hydrogen-bond acceptors (Lipinski definition) is 4. The Labute approximate surface area is 217 Å². The van der Waals surface area contributed by atoms with E-state index in [1.807, 2.05) is 18.7 Å². The number of carbonyl (C=O) groups is 1. The highest BCUT2D eigenvalue weighted by atomic mass is 32.2. The molecule has 3 nitrogen and oxygen atoms in total. The number of thioether (sulfide) groups is 1. The number of esters is 1. The first kappa shape index (κ1) is 27.5. The molecule has 1 atom stereocenters. The monoisotopic (exact) mass is 493 g/mol. The Hall–Kier alpha value is -2.04. The summed E-state index contributed by atoms with van der Waals surface area (Å²) in [6.07, 6.45) is 12.3. The van der Waals surface area contributed by atoms with Crippen molar-refractivity contribution in [1.29, 1.82) is 0 Å². The lowest BCUT2D eigenvalue weighted by atomic mass is 9.93. The van der Waals surface area contributed by atoms with Crippen LogP contribution in [0.25, 0.3) is 5.57 Å². The van der Waals surface area contributed by atoms with Crippen LogP contribution in [0.2, 0.25) is 0 Å². The molecule has 2 aromatic rings. The summed E-state index contributed by atoms with van der Waals surface area (Å²) in [6, 6.07) is 17.5. The molecule has 0 aliphatic carbocycles. The van der Waals surface area contributed by atoms with Gasteiger partial charge in [-0.2, -0.15) is 0 Å². The first-order chi connectivity index (χ1) is 17.1. The van der Waals surface area contributed by atoms with Gasteiger partial charge in [0.05, 0.1) is 0 Å². The summed E-state index contributed by atoms with van der Waals surface area (Å²) in [4.78, 5) is 15.8. The van der Waals surface area contributed by atoms with Crippen LogP contribution in [0.4, 0.5) is 0 Å². The normalized spacial score (nSPS) is 14.9. The zero-order valence-corrected chi connectivity index (χ0v) is 22.7. The first-order valence-electron chi connectivity index (χ1n) is 13.5. The van der Waals surface area contributed by atoms with Crippen LogP contribution in [0.15, 0.2) is 59.5 Å². The Morgan fingerprint density at radius 1 is 1.00 bits per heavy atom. The second-order valence-electron chi connectivity index (χ2n) is 9.78. The Morgan fingerprint density at radius 2 is 1.69 bits per heavy atom. The molecule has 2 aromatic carbocycles. The number of rotatable bonds is 14. The summed E-state index contributed by atoms with van der Waals surface area (Å²) < 4.78 is 5.67. The van der Waals surface area contributed by atoms with Crippen molar-refractivity contribution in [2.45, 2.75) is 88.4 Å². The van der Waals surface area contributed by atoms with Gasteiger partial charge in [-0.1, -0.05) is 94.0 Å². The van der Waals surface area contributed by atoms with Crippen molar-refractivity contribution in [2.24, 2.45) is 0 Å². The predicted octanol–water partition coefficient (Wildman–Crippen LogP) is 8.12. The van der Waals surface area contributed by atoms with E-state index in [1.54, 1.807) is 0 Å². The summed E-state index contributed by atoms with van der Waals surface area (Å²) in [5.74, 6) is 0.956. The SMILES string of the molecule is CCCCCCCCCC(=O)OC(C)CN(C)CC/C=C1\c2ccccc2CSc2ccccc21. The van der Waals surface area contributed by atoms with Crippen LogP contribution < -0.4 is 0 Å². The van der Waals surface area contributed by atoms with Crippen LogP contribution >= 0.6 is 11.8 Å². The molecule has 0 bridgehead atoms. The van der Waals surface area contributed by atoms with E-state index in [9.17, 15) is 4.79 Å². The van der Waals surface area contributed by atoms with E-state index in [1.165, 1.54) is 59.3 Å². The summed E-state index contributed by atoms with van der Waals surface area (Å²) in [5.41, 5.74) is 5.41. The second kappa shape index (κ2) is 15.2. The number of unbranched alkanes of at least 4 members (excludes halogenated alkanes) is 6. The van der Waals surface area contributed by atoms with Gasteiger partial charge in [-0.05, 0) is 55.1 Å². The molecule has 0 amide bonds. The molecule has 0 spiro atoms. The molecule has 1 unspecified atom stereocenters. The number of hydrogen-bond donors (Lipinski definition) is 0. The maximum Gasteiger partial charge on any atom is 0.306 e. The first-order valence-corrected chi connectivity index (χ1v) is 14.5. The minimum Gasteiger partial charge on any atom is -0.461 e. The molecule has 35 heavy (non-hydrogen) atoms. The number of ether oxygens (including phenoxy) is 1. The molecule has 0 saturated heterocycles. The third-order valence-corrected chi connectivity index (χ3v) is 7.74. The number of nitrogens with zero attached hydrogens (tertiary/aromatic N) is 1. The molecular weight excluding hydrogens is 450 g/mol. The molecule has 0 fully saturated rings. The maximum absolute atomic E-state index is 12.2. The topological polar surface area (TPSA) is 29.5 Å². The van der Waals surface area contributed by atoms with Crippen LogP contribution in [0.5, 0.6) is 0 Å². The molecule has 0 aromatic heterocycles. The second-order valence-corrected chi connectivity index (χ2v) is 10.8. The van der Waals surface area contributed by atoms with E-state index in [0.717, 1.165) is 38.1 Å². The number of fused-ring (bicyclic) bond motifs is 2. The largest absolute Gasteiger partial charge is 0.461 e. The lowest BCUT2D eigenvalue weighted by Crippen LogP contribution is -2.31. The fraction of sp³-hybridized carbons (Fsp3) is 0.516. The van der Waals surface area contributed by atoms with E-state index in [-0.39, 0.29) is 12.1 Å². The zero-order valence-electron chi connectivity index (χ0n) is 21.9. The van der Waals surface area contributed by atoms with Gasteiger partial charge >= 0.3 is 5.97 Å². The van der Waals surface area contributed by atoms with Gasteiger partial charge in [-0.25, -0.2) is 0 Å². The molecule has 0 N–H and O–H groups in total. The Kier molecular flexibility index (Phi) is 11.9. The summed E-state index contributed by atoms with van der Waals surface area (Å²) in [5, 5.41) is 0. The molecule has 1 aliphatic rings. The Bertz CT molecular complexity index is 905. The maximum atomic E-state index is 12.2. The van der Waals surface area contributed by atoms with Crippen LogP contribution in [0, 0.1) is 0 Å². The van der Waals surface area contributed by atoms with Gasteiger partial charge in [0.15, 0.2) is 0 Å². The van der Waals surface area contributed by atoms with Gasteiger partial charge in [-0.15, -0.1) is 11.8 Å². The number of likely N-dealkylation sites (N-methyl/N-ethyl adjacent to an activating group) is 1. The van der Waals surface area contributed by atoms with Crippen molar-refractivity contribution < 1.29 is 9.53 Å². The molecule has 1 aliphatic heterocycles. The van der Waals surface area contributed by atoms with Crippen LogP contribution in [-0.2, 0) is 15.3 Å². The minimum absolute atomic E-state index is 0.0502. The minimum atomic E-state index is -0.0829. The van der Waals surface area contributed by atoms with E-state index < -0.39 is 0 Å². The van der Waals surface area contributed by atoms with E-state index in [0.29, 0.717) is 6.42 Å². The van der Waals surface area contributed by atoms with Crippen LogP contribution in [-0.4, -0.2) is 37.1 Å².